The van der Waals surface area contributed by atoms with Crippen molar-refractivity contribution in [2.24, 2.45) is 5.73 Å². The minimum absolute atomic E-state index is 0.204. The molecule has 3 N–H and O–H groups in total. The lowest BCUT2D eigenvalue weighted by atomic mass is 10.1. The average molecular weight is 407 g/mol. The number of hydrogen-bond acceptors (Lipinski definition) is 3. The van der Waals surface area contributed by atoms with Gasteiger partial charge in [-0.25, -0.2) is 0 Å². The lowest BCUT2D eigenvalue weighted by Gasteiger charge is -2.18. The highest BCUT2D eigenvalue weighted by molar-refractivity contribution is 9.10. The highest BCUT2D eigenvalue weighted by Crippen LogP contribution is 2.21. The molecule has 0 fully saturated rings. The Morgan fingerprint density at radius 3 is 2.33 bits per heavy atom. The van der Waals surface area contributed by atoms with Gasteiger partial charge >= 0.3 is 0 Å². The monoisotopic (exact) mass is 406 g/mol. The summed E-state index contributed by atoms with van der Waals surface area (Å²) in [6, 6.07) is 16.2. The van der Waals surface area contributed by atoms with E-state index in [9.17, 15) is 9.59 Å². The fourth-order valence-electron chi connectivity index (χ4n) is 2.10. The smallest absolute Gasteiger partial charge is 0.244 e. The number of rotatable bonds is 7. The first-order valence-corrected chi connectivity index (χ1v) is 9.32. The van der Waals surface area contributed by atoms with Crippen molar-refractivity contribution in [3.63, 3.8) is 0 Å². The molecule has 2 rings (SSSR count). The average Bonchev–Trinajstić information content (AvgIpc) is 2.59. The zero-order chi connectivity index (χ0) is 17.5. The number of carbonyl (C=O) groups excluding carboxylic acids is 2. The van der Waals surface area contributed by atoms with Crippen LogP contribution in [0.3, 0.4) is 0 Å². The van der Waals surface area contributed by atoms with E-state index in [4.69, 9.17) is 5.73 Å². The molecule has 126 valence electrons. The number of carbonyl (C=O) groups is 2. The minimum Gasteiger partial charge on any atom is -0.368 e. The van der Waals surface area contributed by atoms with Crippen LogP contribution in [0.25, 0.3) is 0 Å². The van der Waals surface area contributed by atoms with E-state index in [1.165, 1.54) is 11.8 Å². The van der Waals surface area contributed by atoms with E-state index >= 15 is 0 Å². The summed E-state index contributed by atoms with van der Waals surface area (Å²) in [6.45, 7) is 1.82. The summed E-state index contributed by atoms with van der Waals surface area (Å²) in [5.74, 6) is -0.0570. The van der Waals surface area contributed by atoms with Crippen LogP contribution in [0.4, 0.5) is 0 Å². The van der Waals surface area contributed by atoms with Crippen LogP contribution in [0, 0.1) is 0 Å². The van der Waals surface area contributed by atoms with Crippen molar-refractivity contribution in [1.29, 1.82) is 0 Å². The highest BCUT2D eigenvalue weighted by Gasteiger charge is 2.23. The molecule has 0 heterocycles. The molecule has 0 unspecified atom stereocenters. The third-order valence-corrected chi connectivity index (χ3v) is 5.23. The largest absolute Gasteiger partial charge is 0.368 e. The molecular formula is C18H19BrN2O2S. The van der Waals surface area contributed by atoms with Gasteiger partial charge < -0.3 is 11.1 Å². The summed E-state index contributed by atoms with van der Waals surface area (Å²) >= 11 is 4.91. The van der Waals surface area contributed by atoms with Crippen LogP contribution in [0.15, 0.2) is 59.1 Å². The first-order valence-electron chi connectivity index (χ1n) is 7.48. The van der Waals surface area contributed by atoms with Gasteiger partial charge in [-0.15, -0.1) is 11.8 Å². The third kappa shape index (κ3) is 5.39. The second kappa shape index (κ2) is 8.89. The summed E-state index contributed by atoms with van der Waals surface area (Å²) in [7, 11) is 0. The number of thioether (sulfide) groups is 1. The molecule has 2 atom stereocenters. The Balaban J connectivity index is 1.94. The molecule has 6 heteroatoms. The van der Waals surface area contributed by atoms with Gasteiger partial charge in [-0.2, -0.15) is 0 Å². The van der Waals surface area contributed by atoms with E-state index in [-0.39, 0.29) is 11.2 Å². The second-order valence-electron chi connectivity index (χ2n) is 5.33. The Morgan fingerprint density at radius 2 is 1.75 bits per heavy atom. The molecule has 2 amide bonds. The molecule has 4 nitrogen and oxygen atoms in total. The number of nitrogens with one attached hydrogen (secondary N) is 1. The van der Waals surface area contributed by atoms with Crippen LogP contribution in [-0.4, -0.2) is 17.1 Å². The van der Waals surface area contributed by atoms with Crippen molar-refractivity contribution in [3.8, 4) is 0 Å². The number of halogens is 1. The van der Waals surface area contributed by atoms with Gasteiger partial charge in [0.05, 0.1) is 5.25 Å². The molecular weight excluding hydrogens is 388 g/mol. The normalized spacial score (nSPS) is 13.1. The van der Waals surface area contributed by atoms with E-state index in [0.717, 1.165) is 10.0 Å². The van der Waals surface area contributed by atoms with Crippen molar-refractivity contribution in [2.45, 2.75) is 24.0 Å². The van der Waals surface area contributed by atoms with Gasteiger partial charge in [0, 0.05) is 10.2 Å². The Labute approximate surface area is 154 Å². The maximum Gasteiger partial charge on any atom is 0.244 e. The Bertz CT molecular complexity index is 692. The molecule has 0 aromatic heterocycles. The molecule has 0 aliphatic heterocycles. The predicted molar refractivity (Wildman–Crippen MR) is 101 cm³/mol. The van der Waals surface area contributed by atoms with Gasteiger partial charge in [0.15, 0.2) is 0 Å². The van der Waals surface area contributed by atoms with Crippen LogP contribution in [0.5, 0.6) is 0 Å². The van der Waals surface area contributed by atoms with Crippen molar-refractivity contribution in [1.82, 2.24) is 5.32 Å². The number of primary amides is 1. The Hall–Kier alpha value is -1.79. The number of benzene rings is 2. The fraction of sp³-hybridized carbons (Fsp3) is 0.222. The fourth-order valence-corrected chi connectivity index (χ4v) is 3.22. The van der Waals surface area contributed by atoms with Gasteiger partial charge in [-0.3, -0.25) is 9.59 Å². The zero-order valence-corrected chi connectivity index (χ0v) is 15.6. The van der Waals surface area contributed by atoms with Crippen LogP contribution in [0.1, 0.15) is 24.1 Å². The SMILES string of the molecule is C[C@H](SCc1ccc(Br)cc1)C(=O)N[C@@H](C(N)=O)c1ccccc1. The Morgan fingerprint density at radius 1 is 1.12 bits per heavy atom. The van der Waals surface area contributed by atoms with Crippen LogP contribution >= 0.6 is 27.7 Å². The lowest BCUT2D eigenvalue weighted by molar-refractivity contribution is -0.127. The minimum atomic E-state index is -0.811. The maximum atomic E-state index is 12.4. The first kappa shape index (κ1) is 18.5. The molecule has 0 saturated heterocycles. The molecule has 0 spiro atoms. The van der Waals surface area contributed by atoms with Crippen molar-refractivity contribution >= 4 is 39.5 Å². The molecule has 0 aliphatic carbocycles. The molecule has 2 aromatic carbocycles. The maximum absolute atomic E-state index is 12.4. The molecule has 24 heavy (non-hydrogen) atoms. The molecule has 0 bridgehead atoms. The number of amides is 2. The standard InChI is InChI=1S/C18H19BrN2O2S/c1-12(24-11-13-7-9-15(19)10-8-13)18(23)21-16(17(20)22)14-5-3-2-4-6-14/h2-10,12,16H,11H2,1H3,(H2,20,22)(H,21,23)/t12-,16+/m0/s1. The van der Waals surface area contributed by atoms with Crippen LogP contribution in [0.2, 0.25) is 0 Å². The van der Waals surface area contributed by atoms with E-state index in [1.807, 2.05) is 49.4 Å². The van der Waals surface area contributed by atoms with E-state index in [0.29, 0.717) is 11.3 Å². The van der Waals surface area contributed by atoms with E-state index in [2.05, 4.69) is 21.2 Å². The number of nitrogens with two attached hydrogens (primary N) is 1. The quantitative estimate of drug-likeness (QED) is 0.739. The molecule has 0 aliphatic rings. The van der Waals surface area contributed by atoms with Gasteiger partial charge in [0.2, 0.25) is 11.8 Å². The summed E-state index contributed by atoms with van der Waals surface area (Å²) in [5, 5.41) is 2.44. The second-order valence-corrected chi connectivity index (χ2v) is 7.58. The van der Waals surface area contributed by atoms with Crippen LogP contribution in [-0.2, 0) is 15.3 Å². The van der Waals surface area contributed by atoms with Crippen molar-refractivity contribution in [3.05, 3.63) is 70.2 Å². The summed E-state index contributed by atoms with van der Waals surface area (Å²) in [5.41, 5.74) is 7.25. The third-order valence-electron chi connectivity index (χ3n) is 3.49. The predicted octanol–water partition coefficient (Wildman–Crippen LogP) is 3.41. The summed E-state index contributed by atoms with van der Waals surface area (Å²) in [4.78, 5) is 24.0. The Kier molecular flexibility index (Phi) is 6.87. The number of hydrogen-bond donors (Lipinski definition) is 2. The topological polar surface area (TPSA) is 72.2 Å². The van der Waals surface area contributed by atoms with Gasteiger partial charge in [-0.05, 0) is 30.2 Å². The summed E-state index contributed by atoms with van der Waals surface area (Å²) in [6.07, 6.45) is 0. The van der Waals surface area contributed by atoms with Crippen molar-refractivity contribution in [2.75, 3.05) is 0 Å². The molecule has 0 radical (unpaired) electrons. The highest BCUT2D eigenvalue weighted by atomic mass is 79.9. The van der Waals surface area contributed by atoms with E-state index < -0.39 is 11.9 Å². The van der Waals surface area contributed by atoms with Crippen molar-refractivity contribution < 1.29 is 9.59 Å². The first-order chi connectivity index (χ1) is 11.5. The van der Waals surface area contributed by atoms with Crippen LogP contribution < -0.4 is 11.1 Å². The van der Waals surface area contributed by atoms with Gasteiger partial charge in [0.1, 0.15) is 6.04 Å². The zero-order valence-electron chi connectivity index (χ0n) is 13.2. The van der Waals surface area contributed by atoms with Gasteiger partial charge in [-0.1, -0.05) is 58.4 Å². The van der Waals surface area contributed by atoms with Gasteiger partial charge in [0.25, 0.3) is 0 Å². The van der Waals surface area contributed by atoms with E-state index in [1.54, 1.807) is 12.1 Å². The molecule has 0 saturated carbocycles. The molecule has 2 aromatic rings. The lowest BCUT2D eigenvalue weighted by Crippen LogP contribution is -2.40. The summed E-state index contributed by atoms with van der Waals surface area (Å²) < 4.78 is 1.02.